The molecule has 1 heterocycles. The van der Waals surface area contributed by atoms with Crippen LogP contribution in [-0.2, 0) is 9.59 Å². The highest BCUT2D eigenvalue weighted by molar-refractivity contribution is 5.94. The molecule has 0 aromatic carbocycles. The van der Waals surface area contributed by atoms with Crippen molar-refractivity contribution in [3.05, 3.63) is 0 Å². The molecule has 1 aliphatic heterocycles. The number of hydrogen-bond donors (Lipinski definition) is 1. The summed E-state index contributed by atoms with van der Waals surface area (Å²) in [5, 5.41) is 3.04. The van der Waals surface area contributed by atoms with Crippen molar-refractivity contribution < 1.29 is 9.59 Å². The third kappa shape index (κ3) is 2.99. The van der Waals surface area contributed by atoms with Crippen LogP contribution < -0.4 is 5.32 Å². The molecule has 2 aliphatic rings. The van der Waals surface area contributed by atoms with Crippen molar-refractivity contribution in [3.8, 4) is 0 Å². The fraction of sp³-hybridized carbons (Fsp3) is 0.875. The Kier molecular flexibility index (Phi) is 4.71. The summed E-state index contributed by atoms with van der Waals surface area (Å²) in [5.74, 6) is 0.702. The van der Waals surface area contributed by atoms with Gasteiger partial charge in [0.25, 0.3) is 0 Å². The Labute approximate surface area is 122 Å². The topological polar surface area (TPSA) is 49.4 Å². The van der Waals surface area contributed by atoms with E-state index < -0.39 is 5.54 Å². The summed E-state index contributed by atoms with van der Waals surface area (Å²) < 4.78 is 0. The molecule has 4 heteroatoms. The Bertz CT molecular complexity index is 375. The van der Waals surface area contributed by atoms with Crippen LogP contribution in [0.3, 0.4) is 0 Å². The molecule has 20 heavy (non-hydrogen) atoms. The summed E-state index contributed by atoms with van der Waals surface area (Å²) in [6.45, 7) is 7.16. The predicted molar refractivity (Wildman–Crippen MR) is 79.2 cm³/mol. The van der Waals surface area contributed by atoms with Crippen LogP contribution in [0.4, 0.5) is 0 Å². The molecular weight excluding hydrogens is 252 g/mol. The SMILES string of the molecule is CCCC(C)CN1C(=O)C2(CCCC2)NC(=O)CC1C. The van der Waals surface area contributed by atoms with E-state index in [1.165, 1.54) is 0 Å². The average molecular weight is 280 g/mol. The fourth-order valence-corrected chi connectivity index (χ4v) is 3.73. The number of amides is 2. The molecule has 2 amide bonds. The van der Waals surface area contributed by atoms with Gasteiger partial charge in [-0.1, -0.05) is 33.1 Å². The van der Waals surface area contributed by atoms with Gasteiger partial charge in [-0.25, -0.2) is 0 Å². The van der Waals surface area contributed by atoms with E-state index in [-0.39, 0.29) is 17.9 Å². The van der Waals surface area contributed by atoms with Gasteiger partial charge in [0.15, 0.2) is 0 Å². The van der Waals surface area contributed by atoms with E-state index in [1.54, 1.807) is 0 Å². The van der Waals surface area contributed by atoms with Crippen molar-refractivity contribution in [2.75, 3.05) is 6.54 Å². The first-order valence-electron chi connectivity index (χ1n) is 8.10. The van der Waals surface area contributed by atoms with E-state index in [9.17, 15) is 9.59 Å². The molecule has 114 valence electrons. The van der Waals surface area contributed by atoms with Crippen molar-refractivity contribution >= 4 is 11.8 Å². The van der Waals surface area contributed by atoms with E-state index in [1.807, 2.05) is 11.8 Å². The maximum absolute atomic E-state index is 13.0. The fourth-order valence-electron chi connectivity index (χ4n) is 3.73. The molecule has 1 saturated carbocycles. The Balaban J connectivity index is 2.19. The number of nitrogens with one attached hydrogen (secondary N) is 1. The lowest BCUT2D eigenvalue weighted by Gasteiger charge is -2.35. The Morgan fingerprint density at radius 1 is 1.35 bits per heavy atom. The Morgan fingerprint density at radius 3 is 2.60 bits per heavy atom. The first kappa shape index (κ1) is 15.3. The summed E-state index contributed by atoms with van der Waals surface area (Å²) in [4.78, 5) is 27.0. The van der Waals surface area contributed by atoms with E-state index in [0.717, 1.165) is 45.1 Å². The van der Waals surface area contributed by atoms with E-state index in [0.29, 0.717) is 12.3 Å². The zero-order valence-corrected chi connectivity index (χ0v) is 13.1. The van der Waals surface area contributed by atoms with Crippen LogP contribution in [0.5, 0.6) is 0 Å². The van der Waals surface area contributed by atoms with Gasteiger partial charge in [0, 0.05) is 19.0 Å². The third-order valence-corrected chi connectivity index (χ3v) is 4.81. The second kappa shape index (κ2) is 6.15. The molecule has 0 bridgehead atoms. The smallest absolute Gasteiger partial charge is 0.248 e. The van der Waals surface area contributed by atoms with Gasteiger partial charge >= 0.3 is 0 Å². The van der Waals surface area contributed by atoms with Gasteiger partial charge in [-0.3, -0.25) is 9.59 Å². The molecule has 1 aliphatic carbocycles. The molecule has 1 spiro atoms. The summed E-state index contributed by atoms with van der Waals surface area (Å²) in [6.07, 6.45) is 6.40. The predicted octanol–water partition coefficient (Wildman–Crippen LogP) is 2.47. The van der Waals surface area contributed by atoms with Crippen LogP contribution in [-0.4, -0.2) is 34.8 Å². The third-order valence-electron chi connectivity index (χ3n) is 4.81. The monoisotopic (exact) mass is 280 g/mol. The van der Waals surface area contributed by atoms with Crippen LogP contribution in [0.15, 0.2) is 0 Å². The first-order valence-corrected chi connectivity index (χ1v) is 8.10. The van der Waals surface area contributed by atoms with Gasteiger partial charge in [0.2, 0.25) is 11.8 Å². The lowest BCUT2D eigenvalue weighted by Crippen LogP contribution is -2.56. The number of rotatable bonds is 4. The second-order valence-corrected chi connectivity index (χ2v) is 6.74. The number of hydrogen-bond acceptors (Lipinski definition) is 2. The minimum Gasteiger partial charge on any atom is -0.342 e. The van der Waals surface area contributed by atoms with Gasteiger partial charge in [-0.15, -0.1) is 0 Å². The van der Waals surface area contributed by atoms with E-state index in [2.05, 4.69) is 19.2 Å². The van der Waals surface area contributed by atoms with E-state index in [4.69, 9.17) is 0 Å². The standard InChI is InChI=1S/C16H28N2O2/c1-4-7-12(2)11-18-13(3)10-14(19)17-16(15(18)20)8-5-6-9-16/h12-13H,4-11H2,1-3H3,(H,17,19). The minimum atomic E-state index is -0.590. The highest BCUT2D eigenvalue weighted by Crippen LogP contribution is 2.34. The van der Waals surface area contributed by atoms with Gasteiger partial charge in [-0.2, -0.15) is 0 Å². The van der Waals surface area contributed by atoms with Gasteiger partial charge in [0.05, 0.1) is 0 Å². The van der Waals surface area contributed by atoms with Gasteiger partial charge in [0.1, 0.15) is 5.54 Å². The zero-order chi connectivity index (χ0) is 14.8. The largest absolute Gasteiger partial charge is 0.342 e. The molecule has 2 fully saturated rings. The van der Waals surface area contributed by atoms with Crippen LogP contribution in [0.25, 0.3) is 0 Å². The van der Waals surface area contributed by atoms with Crippen molar-refractivity contribution in [1.29, 1.82) is 0 Å². The number of nitrogens with zero attached hydrogens (tertiary/aromatic N) is 1. The van der Waals surface area contributed by atoms with Crippen molar-refractivity contribution in [2.45, 2.75) is 77.3 Å². The summed E-state index contributed by atoms with van der Waals surface area (Å²) in [7, 11) is 0. The van der Waals surface area contributed by atoms with E-state index >= 15 is 0 Å². The first-order chi connectivity index (χ1) is 9.48. The lowest BCUT2D eigenvalue weighted by atomic mass is 9.94. The highest BCUT2D eigenvalue weighted by atomic mass is 16.2. The molecule has 2 unspecified atom stereocenters. The maximum Gasteiger partial charge on any atom is 0.248 e. The summed E-state index contributed by atoms with van der Waals surface area (Å²) in [5.41, 5.74) is -0.590. The minimum absolute atomic E-state index is 0.0155. The molecule has 2 atom stereocenters. The number of carbonyl (C=O) groups excluding carboxylic acids is 2. The highest BCUT2D eigenvalue weighted by Gasteiger charge is 2.48. The maximum atomic E-state index is 13.0. The van der Waals surface area contributed by atoms with Crippen molar-refractivity contribution in [2.24, 2.45) is 5.92 Å². The van der Waals surface area contributed by atoms with Gasteiger partial charge in [-0.05, 0) is 32.1 Å². The molecule has 2 rings (SSSR count). The van der Waals surface area contributed by atoms with Gasteiger partial charge < -0.3 is 10.2 Å². The summed E-state index contributed by atoms with van der Waals surface area (Å²) >= 11 is 0. The molecule has 4 nitrogen and oxygen atoms in total. The lowest BCUT2D eigenvalue weighted by molar-refractivity contribution is -0.140. The zero-order valence-electron chi connectivity index (χ0n) is 13.1. The molecule has 0 radical (unpaired) electrons. The number of carbonyl (C=O) groups is 2. The summed E-state index contributed by atoms with van der Waals surface area (Å²) in [6, 6.07) is 0.0155. The van der Waals surface area contributed by atoms with Crippen molar-refractivity contribution in [1.82, 2.24) is 10.2 Å². The van der Waals surface area contributed by atoms with Crippen LogP contribution in [0.2, 0.25) is 0 Å². The molecule has 0 aromatic heterocycles. The molecular formula is C16H28N2O2. The average Bonchev–Trinajstić information content (AvgIpc) is 2.81. The second-order valence-electron chi connectivity index (χ2n) is 6.74. The van der Waals surface area contributed by atoms with Crippen LogP contribution in [0, 0.1) is 5.92 Å². The Hall–Kier alpha value is -1.06. The molecule has 1 saturated heterocycles. The van der Waals surface area contributed by atoms with Crippen LogP contribution >= 0.6 is 0 Å². The molecule has 0 aromatic rings. The Morgan fingerprint density at radius 2 is 2.00 bits per heavy atom. The quantitative estimate of drug-likeness (QED) is 0.860. The van der Waals surface area contributed by atoms with Crippen molar-refractivity contribution in [3.63, 3.8) is 0 Å². The normalized spacial score (nSPS) is 27.6. The van der Waals surface area contributed by atoms with Crippen LogP contribution in [0.1, 0.15) is 65.7 Å². The molecule has 1 N–H and O–H groups in total.